The molecule has 2 fully saturated rings. The molecule has 0 spiro atoms. The van der Waals surface area contributed by atoms with Crippen LogP contribution in [0.25, 0.3) is 0 Å². The Morgan fingerprint density at radius 2 is 1.56 bits per heavy atom. The quantitative estimate of drug-likeness (QED) is 0.352. The summed E-state index contributed by atoms with van der Waals surface area (Å²) in [5, 5.41) is 0. The number of allylic oxidation sites excluding steroid dienone is 1. The van der Waals surface area contributed by atoms with Crippen molar-refractivity contribution >= 4 is 11.9 Å². The number of amides is 1. The van der Waals surface area contributed by atoms with Gasteiger partial charge >= 0.3 is 5.97 Å². The lowest BCUT2D eigenvalue weighted by molar-refractivity contribution is -0.161. The first-order valence-electron chi connectivity index (χ1n) is 13.5. The molecule has 0 N–H and O–H groups in total. The van der Waals surface area contributed by atoms with Crippen LogP contribution >= 0.6 is 0 Å². The Morgan fingerprint density at radius 1 is 0.861 bits per heavy atom. The maximum Gasteiger partial charge on any atom is 0.329 e. The van der Waals surface area contributed by atoms with Crippen LogP contribution in [0.1, 0.15) is 82.1 Å². The third-order valence-electron chi connectivity index (χ3n) is 7.97. The molecule has 0 radical (unpaired) electrons. The van der Waals surface area contributed by atoms with E-state index in [1.54, 1.807) is 26.2 Å². The minimum absolute atomic E-state index is 0.0111. The van der Waals surface area contributed by atoms with E-state index in [0.29, 0.717) is 30.2 Å². The number of methoxy groups -OCH3 is 3. The van der Waals surface area contributed by atoms with Crippen LogP contribution in [0.15, 0.2) is 24.3 Å². The lowest BCUT2D eigenvalue weighted by Crippen LogP contribution is -2.51. The maximum atomic E-state index is 14.4. The molecule has 198 valence electrons. The van der Waals surface area contributed by atoms with Gasteiger partial charge in [0.25, 0.3) is 0 Å². The Morgan fingerprint density at radius 3 is 2.17 bits per heavy atom. The molecule has 2 aliphatic carbocycles. The van der Waals surface area contributed by atoms with Crippen molar-refractivity contribution in [1.29, 1.82) is 0 Å². The van der Waals surface area contributed by atoms with Crippen molar-refractivity contribution < 1.29 is 28.5 Å². The number of carbonyl (C=O) groups excluding carboxylic acids is 2. The summed E-state index contributed by atoms with van der Waals surface area (Å²) in [5.41, 5.74) is 0.856. The van der Waals surface area contributed by atoms with Crippen LogP contribution in [0.4, 0.5) is 0 Å². The van der Waals surface area contributed by atoms with Gasteiger partial charge in [-0.3, -0.25) is 4.79 Å². The summed E-state index contributed by atoms with van der Waals surface area (Å²) in [6, 6.07) is 3.28. The largest absolute Gasteiger partial charge is 0.493 e. The summed E-state index contributed by atoms with van der Waals surface area (Å²) < 4.78 is 22.6. The SMILES string of the molecule is COc1cc([C@@H](C(=O)N2CCCC[C@H]2C(=O)OC2C=CCCC2)C2CCCCC2)cc(OC)c1OC. The van der Waals surface area contributed by atoms with Gasteiger partial charge in [0.2, 0.25) is 11.7 Å². The van der Waals surface area contributed by atoms with Crippen LogP contribution in [0.2, 0.25) is 0 Å². The van der Waals surface area contributed by atoms with Crippen molar-refractivity contribution in [3.8, 4) is 17.2 Å². The molecule has 1 aromatic carbocycles. The van der Waals surface area contributed by atoms with Crippen molar-refractivity contribution in [3.63, 3.8) is 0 Å². The Kier molecular flexibility index (Phi) is 9.16. The number of carbonyl (C=O) groups is 2. The molecular weight excluding hydrogens is 458 g/mol. The zero-order valence-electron chi connectivity index (χ0n) is 22.0. The highest BCUT2D eigenvalue weighted by atomic mass is 16.5. The average molecular weight is 500 g/mol. The molecule has 1 amide bonds. The molecule has 1 aromatic rings. The lowest BCUT2D eigenvalue weighted by Gasteiger charge is -2.39. The van der Waals surface area contributed by atoms with E-state index in [9.17, 15) is 9.59 Å². The molecule has 0 aromatic heterocycles. The molecule has 1 aliphatic heterocycles. The summed E-state index contributed by atoms with van der Waals surface area (Å²) >= 11 is 0. The van der Waals surface area contributed by atoms with E-state index < -0.39 is 6.04 Å². The van der Waals surface area contributed by atoms with Crippen LogP contribution in [0.5, 0.6) is 17.2 Å². The number of esters is 1. The Balaban J connectivity index is 1.66. The maximum absolute atomic E-state index is 14.4. The van der Waals surface area contributed by atoms with E-state index in [2.05, 4.69) is 6.08 Å². The molecule has 1 unspecified atom stereocenters. The van der Waals surface area contributed by atoms with Gasteiger partial charge in [-0.2, -0.15) is 0 Å². The van der Waals surface area contributed by atoms with Crippen LogP contribution < -0.4 is 14.2 Å². The fraction of sp³-hybridized carbons (Fsp3) is 0.655. The minimum atomic E-state index is -0.533. The first kappa shape index (κ1) is 26.4. The number of piperidine rings is 1. The van der Waals surface area contributed by atoms with Gasteiger partial charge in [0, 0.05) is 6.54 Å². The summed E-state index contributed by atoms with van der Waals surface area (Å²) in [4.78, 5) is 29.5. The second kappa shape index (κ2) is 12.5. The molecule has 4 rings (SSSR count). The van der Waals surface area contributed by atoms with Crippen LogP contribution in [-0.4, -0.2) is 56.8 Å². The van der Waals surface area contributed by atoms with E-state index in [-0.39, 0.29) is 29.8 Å². The predicted molar refractivity (Wildman–Crippen MR) is 138 cm³/mol. The Hall–Kier alpha value is -2.70. The predicted octanol–water partition coefficient (Wildman–Crippen LogP) is 5.41. The molecule has 3 aliphatic rings. The Bertz CT molecular complexity index is 913. The number of hydrogen-bond acceptors (Lipinski definition) is 6. The van der Waals surface area contributed by atoms with Crippen LogP contribution in [-0.2, 0) is 14.3 Å². The summed E-state index contributed by atoms with van der Waals surface area (Å²) in [5.74, 6) is 1.16. The topological polar surface area (TPSA) is 74.3 Å². The number of hydrogen-bond donors (Lipinski definition) is 0. The first-order chi connectivity index (χ1) is 17.6. The van der Waals surface area contributed by atoms with Gasteiger partial charge in [0.15, 0.2) is 11.5 Å². The van der Waals surface area contributed by atoms with Crippen molar-refractivity contribution in [2.45, 2.75) is 88.7 Å². The van der Waals surface area contributed by atoms with Gasteiger partial charge in [-0.25, -0.2) is 4.79 Å². The molecule has 7 nitrogen and oxygen atoms in total. The summed E-state index contributed by atoms with van der Waals surface area (Å²) in [6.07, 6.45) is 14.6. The van der Waals surface area contributed by atoms with Crippen molar-refractivity contribution in [3.05, 3.63) is 29.8 Å². The first-order valence-corrected chi connectivity index (χ1v) is 13.5. The second-order valence-electron chi connectivity index (χ2n) is 10.2. The number of rotatable bonds is 8. The van der Waals surface area contributed by atoms with E-state index >= 15 is 0 Å². The van der Waals surface area contributed by atoms with E-state index in [0.717, 1.165) is 63.4 Å². The molecule has 36 heavy (non-hydrogen) atoms. The molecule has 7 heteroatoms. The number of ether oxygens (including phenoxy) is 4. The smallest absolute Gasteiger partial charge is 0.329 e. The van der Waals surface area contributed by atoms with Gasteiger partial charge in [0.05, 0.1) is 27.2 Å². The molecule has 1 saturated heterocycles. The minimum Gasteiger partial charge on any atom is -0.493 e. The van der Waals surface area contributed by atoms with Crippen molar-refractivity contribution in [1.82, 2.24) is 4.90 Å². The lowest BCUT2D eigenvalue weighted by atomic mass is 9.75. The number of nitrogens with zero attached hydrogens (tertiary/aromatic N) is 1. The molecule has 0 bridgehead atoms. The van der Waals surface area contributed by atoms with Crippen LogP contribution in [0.3, 0.4) is 0 Å². The fourth-order valence-corrected chi connectivity index (χ4v) is 6.09. The summed E-state index contributed by atoms with van der Waals surface area (Å²) in [7, 11) is 4.76. The second-order valence-corrected chi connectivity index (χ2v) is 10.2. The average Bonchev–Trinajstić information content (AvgIpc) is 2.93. The van der Waals surface area contributed by atoms with E-state index in [1.807, 2.05) is 18.2 Å². The molecule has 3 atom stereocenters. The molecule has 1 saturated carbocycles. The summed E-state index contributed by atoms with van der Waals surface area (Å²) in [6.45, 7) is 0.576. The highest BCUT2D eigenvalue weighted by Gasteiger charge is 2.41. The van der Waals surface area contributed by atoms with Crippen LogP contribution in [0, 0.1) is 5.92 Å². The zero-order valence-corrected chi connectivity index (χ0v) is 22.0. The van der Waals surface area contributed by atoms with E-state index in [4.69, 9.17) is 18.9 Å². The molecular formula is C29H41NO6. The molecule has 1 heterocycles. The van der Waals surface area contributed by atoms with Gasteiger partial charge in [-0.15, -0.1) is 0 Å². The monoisotopic (exact) mass is 499 g/mol. The fourth-order valence-electron chi connectivity index (χ4n) is 6.09. The third-order valence-corrected chi connectivity index (χ3v) is 7.97. The number of likely N-dealkylation sites (tertiary alicyclic amines) is 1. The Labute approximate surface area is 215 Å². The third kappa shape index (κ3) is 5.81. The van der Waals surface area contributed by atoms with Gasteiger partial charge in [-0.1, -0.05) is 25.3 Å². The van der Waals surface area contributed by atoms with Gasteiger partial charge < -0.3 is 23.8 Å². The van der Waals surface area contributed by atoms with Crippen molar-refractivity contribution in [2.75, 3.05) is 27.9 Å². The standard InChI is InChI=1S/C29H41NO6/c1-33-24-18-21(19-25(34-2)27(24)35-3)26(20-12-6-4-7-13-20)28(31)30-17-11-10-16-23(30)29(32)36-22-14-8-5-9-15-22/h8,14,18-20,22-23,26H,4-7,9-13,15-17H2,1-3H3/t22?,23-,26-/m0/s1. The zero-order chi connectivity index (χ0) is 25.5. The van der Waals surface area contributed by atoms with Gasteiger partial charge in [0.1, 0.15) is 12.1 Å². The van der Waals surface area contributed by atoms with Crippen molar-refractivity contribution in [2.24, 2.45) is 5.92 Å². The normalized spacial score (nSPS) is 23.6. The highest BCUT2D eigenvalue weighted by molar-refractivity contribution is 5.89. The number of benzene rings is 1. The van der Waals surface area contributed by atoms with E-state index in [1.165, 1.54) is 6.42 Å². The van der Waals surface area contributed by atoms with Gasteiger partial charge in [-0.05, 0) is 81.1 Å². The highest BCUT2D eigenvalue weighted by Crippen LogP contribution is 2.45.